The fourth-order valence-corrected chi connectivity index (χ4v) is 9.47. The third kappa shape index (κ3) is 21.7. The Kier molecular flexibility index (Phi) is 32.1. The van der Waals surface area contributed by atoms with Crippen molar-refractivity contribution in [2.24, 2.45) is 0 Å². The van der Waals surface area contributed by atoms with Crippen LogP contribution in [0.1, 0.15) is 0 Å². The van der Waals surface area contributed by atoms with Gasteiger partial charge in [0, 0.05) is 44.5 Å². The maximum atomic E-state index is 8.97. The van der Waals surface area contributed by atoms with E-state index in [1.807, 2.05) is 72.8 Å². The molecular formula is C64H80N8O20Zn. The molecule has 3 aromatic heterocycles. The molecule has 0 radical (unpaired) electrons. The van der Waals surface area contributed by atoms with Crippen LogP contribution in [0.4, 0.5) is 0 Å². The number of aliphatic hydroxyl groups excluding tert-OH is 4. The molecule has 28 nitrogen and oxygen atoms in total. The van der Waals surface area contributed by atoms with Gasteiger partial charge in [0.1, 0.15) is 49.4 Å². The quantitative estimate of drug-likeness (QED) is 0.0311. The molecule has 93 heavy (non-hydrogen) atoms. The molecule has 498 valence electrons. The second-order valence-electron chi connectivity index (χ2n) is 19.8. The van der Waals surface area contributed by atoms with Crippen LogP contribution in [0.15, 0.2) is 72.8 Å². The fraction of sp³-hybridized carbons (Fsp3) is 0.500. The van der Waals surface area contributed by atoms with Crippen molar-refractivity contribution in [2.75, 3.05) is 211 Å². The molecule has 8 bridgehead atoms. The molecule has 0 amide bonds. The molecule has 0 spiro atoms. The standard InChI is InChI=1S/C64H80N8O20.Zn/c73-13-17-77-21-25-81-29-33-85-37-41-89-49-9-1-5-45-53(49)61-66-57(45)65-58-46-6-2-11-51(91-43-39-87-35-31-83-27-23-79-19-15-75)55(46)63(67-58)72-64-56-48(8-4-12-52(56)92-44-40-88-36-32-84-28-24-80-20-16-76)60(71-64)70-62-54-47(59(68-61)69-62)7-3-10-50(54)90-42-38-86-34-30-82-26-22-78-18-14-74;/h1-12,73-76H,13-44H2;/q-2;+2. The molecule has 5 heterocycles. The zero-order valence-corrected chi connectivity index (χ0v) is 55.1. The van der Waals surface area contributed by atoms with Crippen LogP contribution < -0.4 is 28.9 Å². The van der Waals surface area contributed by atoms with Gasteiger partial charge in [-0.15, -0.1) is 0 Å². The minimum Gasteiger partial charge on any atom is -0.491 e. The van der Waals surface area contributed by atoms with E-state index >= 15 is 0 Å². The second kappa shape index (κ2) is 41.3. The minimum absolute atomic E-state index is 0. The van der Waals surface area contributed by atoms with E-state index in [-0.39, 0.29) is 165 Å². The third-order valence-corrected chi connectivity index (χ3v) is 13.5. The van der Waals surface area contributed by atoms with E-state index in [9.17, 15) is 0 Å². The maximum absolute atomic E-state index is 8.97. The van der Waals surface area contributed by atoms with E-state index < -0.39 is 0 Å². The van der Waals surface area contributed by atoms with Gasteiger partial charge < -0.3 is 126 Å². The monoisotopic (exact) mass is 1340 g/mol. The third-order valence-electron chi connectivity index (χ3n) is 13.5. The van der Waals surface area contributed by atoms with Gasteiger partial charge in [-0.05, 0) is 35.0 Å². The van der Waals surface area contributed by atoms with Crippen LogP contribution in [-0.2, 0) is 76.3 Å². The average molecular weight is 1350 g/mol. The molecule has 0 atom stereocenters. The minimum atomic E-state index is -0.0524. The van der Waals surface area contributed by atoms with E-state index in [1.165, 1.54) is 0 Å². The molecule has 0 saturated carbocycles. The summed E-state index contributed by atoms with van der Waals surface area (Å²) < 4.78 is 92.9. The Morgan fingerprint density at radius 2 is 0.505 bits per heavy atom. The van der Waals surface area contributed by atoms with Gasteiger partial charge in [-0.2, -0.15) is 0 Å². The number of aromatic nitrogens is 8. The van der Waals surface area contributed by atoms with E-state index in [4.69, 9.17) is 136 Å². The van der Waals surface area contributed by atoms with Crippen LogP contribution in [0.5, 0.6) is 23.0 Å². The number of fused-ring (bicyclic) bond motifs is 20. The normalized spacial score (nSPS) is 11.7. The van der Waals surface area contributed by atoms with Crippen molar-refractivity contribution in [3.8, 4) is 68.5 Å². The van der Waals surface area contributed by atoms with Gasteiger partial charge in [-0.1, -0.05) is 48.5 Å². The van der Waals surface area contributed by atoms with Crippen molar-refractivity contribution in [2.45, 2.75) is 0 Å². The first-order valence-corrected chi connectivity index (χ1v) is 30.7. The molecule has 29 heteroatoms. The summed E-state index contributed by atoms with van der Waals surface area (Å²) in [5, 5.41) is 38.2. The topological polar surface area (TPSA) is 334 Å². The maximum Gasteiger partial charge on any atom is 2.00 e. The van der Waals surface area contributed by atoms with Crippen LogP contribution in [0.2, 0.25) is 0 Å². The second-order valence-corrected chi connectivity index (χ2v) is 19.8. The van der Waals surface area contributed by atoms with Gasteiger partial charge in [-0.25, -0.2) is 9.97 Å². The Bertz CT molecular complexity index is 3510. The van der Waals surface area contributed by atoms with Gasteiger partial charge in [-0.3, -0.25) is 0 Å². The van der Waals surface area contributed by atoms with Gasteiger partial charge in [0.25, 0.3) is 0 Å². The number of nitrogens with zero attached hydrogens (tertiary/aromatic N) is 8. The number of benzene rings is 4. The number of rotatable bonds is 48. The van der Waals surface area contributed by atoms with Crippen molar-refractivity contribution in [1.29, 1.82) is 0 Å². The zero-order chi connectivity index (χ0) is 63.6. The summed E-state index contributed by atoms with van der Waals surface area (Å²) in [5.41, 5.74) is 3.38. The van der Waals surface area contributed by atoms with Gasteiger partial charge in [0.15, 0.2) is 0 Å². The van der Waals surface area contributed by atoms with Crippen LogP contribution in [0.3, 0.4) is 0 Å². The van der Waals surface area contributed by atoms with Crippen molar-refractivity contribution >= 4 is 44.1 Å². The summed E-state index contributed by atoms with van der Waals surface area (Å²) in [6.45, 7) is 8.10. The summed E-state index contributed by atoms with van der Waals surface area (Å²) in [4.78, 5) is 41.5. The number of hydrogen-bond donors (Lipinski definition) is 4. The molecule has 4 N–H and O–H groups in total. The van der Waals surface area contributed by atoms with Crippen LogP contribution in [0, 0.1) is 0 Å². The van der Waals surface area contributed by atoms with Crippen molar-refractivity contribution in [1.82, 2.24) is 39.9 Å². The number of aliphatic hydroxyl groups is 4. The van der Waals surface area contributed by atoms with E-state index in [0.717, 1.165) is 0 Å². The average Bonchev–Trinajstić information content (AvgIpc) is 1.61. The smallest absolute Gasteiger partial charge is 0.491 e. The molecule has 2 aliphatic heterocycles. The Labute approximate surface area is 550 Å². The summed E-state index contributed by atoms with van der Waals surface area (Å²) in [5.74, 6) is 2.92. The Morgan fingerprint density at radius 3 is 0.828 bits per heavy atom. The van der Waals surface area contributed by atoms with Gasteiger partial charge >= 0.3 is 19.5 Å². The van der Waals surface area contributed by atoms with E-state index in [2.05, 4.69) is 0 Å². The Hall–Kier alpha value is -6.58. The molecular weight excluding hydrogens is 1270 g/mol. The summed E-state index contributed by atoms with van der Waals surface area (Å²) >= 11 is 0. The van der Waals surface area contributed by atoms with Crippen molar-refractivity contribution in [3.05, 3.63) is 72.8 Å². The van der Waals surface area contributed by atoms with Crippen molar-refractivity contribution in [3.63, 3.8) is 0 Å². The van der Waals surface area contributed by atoms with Gasteiger partial charge in [0.05, 0.1) is 219 Å². The van der Waals surface area contributed by atoms with Crippen LogP contribution in [-0.4, -0.2) is 262 Å². The summed E-state index contributed by atoms with van der Waals surface area (Å²) in [6.07, 6.45) is 0. The Morgan fingerprint density at radius 1 is 0.258 bits per heavy atom. The zero-order valence-electron chi connectivity index (χ0n) is 52.2. The molecule has 2 aliphatic rings. The van der Waals surface area contributed by atoms with Crippen LogP contribution >= 0.6 is 0 Å². The molecule has 4 aromatic carbocycles. The van der Waals surface area contributed by atoms with E-state index in [0.29, 0.717) is 178 Å². The molecule has 9 rings (SSSR count). The number of hydrogen-bond acceptors (Lipinski definition) is 26. The first kappa shape index (κ1) is 72.3. The predicted octanol–water partition coefficient (Wildman–Crippen LogP) is 3.81. The largest absolute Gasteiger partial charge is 2.00 e. The molecule has 0 unspecified atom stereocenters. The first-order valence-electron chi connectivity index (χ1n) is 30.7. The molecule has 0 fully saturated rings. The van der Waals surface area contributed by atoms with E-state index in [1.54, 1.807) is 0 Å². The number of ether oxygens (including phenoxy) is 16. The molecule has 0 saturated heterocycles. The SMILES string of the molecule is OCCOCCOCCOCCOc1cccc2c1-c1nc-2nc2[n-]c(nc3nc(nc4[n-]c(n1)c1cccc(OCCOCCOCCOCCO)c41)-c1c(OCCOCCOCCOCCO)cccc1-3)c1cccc(OCCOCCOCCOCCO)c21.[Zn+2]. The summed E-state index contributed by atoms with van der Waals surface area (Å²) in [6, 6.07) is 22.3. The Balaban J connectivity index is 0.0000111. The molecule has 7 aromatic rings. The van der Waals surface area contributed by atoms with Crippen LogP contribution in [0.25, 0.3) is 89.7 Å². The predicted molar refractivity (Wildman–Crippen MR) is 334 cm³/mol. The van der Waals surface area contributed by atoms with Crippen molar-refractivity contribution < 1.29 is 116 Å². The molecule has 0 aliphatic carbocycles. The summed E-state index contributed by atoms with van der Waals surface area (Å²) in [7, 11) is 0. The first-order chi connectivity index (χ1) is 45.6. The van der Waals surface area contributed by atoms with Gasteiger partial charge in [0.2, 0.25) is 0 Å². The fourth-order valence-electron chi connectivity index (χ4n) is 9.47.